The highest BCUT2D eigenvalue weighted by Crippen LogP contribution is 2.53. The number of halogens is 9. The molecule has 0 amide bonds. The van der Waals surface area contributed by atoms with Crippen molar-refractivity contribution in [3.8, 4) is 0 Å². The molecule has 0 aliphatic carbocycles. The summed E-state index contributed by atoms with van der Waals surface area (Å²) in [6.45, 7) is 1.64. The molecule has 0 radical (unpaired) electrons. The van der Waals surface area contributed by atoms with Crippen LogP contribution in [-0.2, 0) is 4.43 Å². The van der Waals surface area contributed by atoms with Crippen LogP contribution in [0.4, 0.5) is 39.5 Å². The third-order valence-corrected chi connectivity index (χ3v) is 2.91. The molecule has 0 rings (SSSR count). The number of alkyl halides is 9. The largest absolute Gasteiger partial charge is 0.460 e. The second-order valence-corrected chi connectivity index (χ2v) is 9.27. The Balaban J connectivity index is 5.28. The minimum absolute atomic E-state index is 1.28. The Kier molecular flexibility index (Phi) is 4.71. The minimum Gasteiger partial charge on any atom is -0.411 e. The fourth-order valence-corrected chi connectivity index (χ4v) is 1.42. The topological polar surface area (TPSA) is 9.23 Å². The van der Waals surface area contributed by atoms with Crippen LogP contribution in [0.1, 0.15) is 0 Å². The summed E-state index contributed by atoms with van der Waals surface area (Å²) in [5.74, 6) is -19.1. The summed E-state index contributed by atoms with van der Waals surface area (Å²) in [6, 6.07) is 0. The maximum atomic E-state index is 12.9. The zero-order valence-corrected chi connectivity index (χ0v) is 11.0. The van der Waals surface area contributed by atoms with Crippen LogP contribution in [0.5, 0.6) is 0 Å². The molecule has 0 bridgehead atoms. The number of rotatable bonds is 5. The molecule has 0 aromatic heterocycles. The molecule has 0 spiro atoms. The molecule has 0 aromatic carbocycles. The first kappa shape index (κ1) is 18.5. The van der Waals surface area contributed by atoms with Crippen LogP contribution in [0, 0.1) is 0 Å². The molecule has 0 aliphatic heterocycles. The molecule has 0 fully saturated rings. The van der Waals surface area contributed by atoms with Crippen molar-refractivity contribution in [3.05, 3.63) is 0 Å². The van der Waals surface area contributed by atoms with Crippen molar-refractivity contribution in [1.82, 2.24) is 0 Å². The highest BCUT2D eigenvalue weighted by atomic mass is 28.4. The first-order valence-corrected chi connectivity index (χ1v) is 8.21. The number of hydrogen-bond acceptors (Lipinski definition) is 1. The molecule has 11 heteroatoms. The van der Waals surface area contributed by atoms with Crippen molar-refractivity contribution >= 4 is 8.32 Å². The third kappa shape index (κ3) is 3.77. The molecular formula is C8H11F9OSi. The van der Waals surface area contributed by atoms with E-state index in [-0.39, 0.29) is 0 Å². The summed E-state index contributed by atoms with van der Waals surface area (Å²) in [7, 11) is -2.79. The van der Waals surface area contributed by atoms with E-state index in [0.29, 0.717) is 0 Å². The van der Waals surface area contributed by atoms with Crippen LogP contribution < -0.4 is 0 Å². The zero-order valence-electron chi connectivity index (χ0n) is 10.0. The molecule has 1 nitrogen and oxygen atoms in total. The van der Waals surface area contributed by atoms with Gasteiger partial charge in [-0.2, -0.15) is 39.5 Å². The van der Waals surface area contributed by atoms with E-state index in [1.54, 1.807) is 0 Å². The number of hydrogen-bond donors (Lipinski definition) is 0. The minimum atomic E-state index is -6.85. The fourth-order valence-electron chi connectivity index (χ4n) is 0.805. The highest BCUT2D eigenvalue weighted by Gasteiger charge is 2.81. The van der Waals surface area contributed by atoms with E-state index in [1.165, 1.54) is 19.6 Å². The summed E-state index contributed by atoms with van der Waals surface area (Å²) >= 11 is 0. The van der Waals surface area contributed by atoms with Crippen molar-refractivity contribution in [1.29, 1.82) is 0 Å². The Morgan fingerprint density at radius 1 is 0.737 bits per heavy atom. The van der Waals surface area contributed by atoms with Crippen molar-refractivity contribution in [3.63, 3.8) is 0 Å². The van der Waals surface area contributed by atoms with E-state index >= 15 is 0 Å². The van der Waals surface area contributed by atoms with Crippen molar-refractivity contribution in [2.24, 2.45) is 0 Å². The van der Waals surface area contributed by atoms with Gasteiger partial charge in [-0.25, -0.2) is 0 Å². The SMILES string of the molecule is C[Si](C)(C)OCC(F)(F)C(F)(F)C(F)(F)C(F)(F)F. The van der Waals surface area contributed by atoms with Crippen LogP contribution in [0.2, 0.25) is 19.6 Å². The second kappa shape index (κ2) is 4.83. The first-order valence-electron chi connectivity index (χ1n) is 4.80. The van der Waals surface area contributed by atoms with Gasteiger partial charge in [-0.05, 0) is 19.6 Å². The Bertz CT molecular complexity index is 317. The summed E-state index contributed by atoms with van der Waals surface area (Å²) in [5.41, 5.74) is 0. The third-order valence-electron chi connectivity index (χ3n) is 1.90. The van der Waals surface area contributed by atoms with E-state index in [4.69, 9.17) is 0 Å². The molecule has 0 saturated carbocycles. The molecule has 0 heterocycles. The maximum absolute atomic E-state index is 12.9. The van der Waals surface area contributed by atoms with Crippen LogP contribution in [0.25, 0.3) is 0 Å². The lowest BCUT2D eigenvalue weighted by Gasteiger charge is -2.34. The predicted molar refractivity (Wildman–Crippen MR) is 50.2 cm³/mol. The quantitative estimate of drug-likeness (QED) is 0.541. The van der Waals surface area contributed by atoms with Gasteiger partial charge < -0.3 is 4.43 Å². The summed E-state index contributed by atoms with van der Waals surface area (Å²) in [5, 5.41) is 0. The van der Waals surface area contributed by atoms with Crippen molar-refractivity contribution in [2.75, 3.05) is 6.61 Å². The summed E-state index contributed by atoms with van der Waals surface area (Å²) < 4.78 is 116. The molecule has 0 unspecified atom stereocenters. The van der Waals surface area contributed by atoms with E-state index in [2.05, 4.69) is 4.43 Å². The molecule has 0 aromatic rings. The lowest BCUT2D eigenvalue weighted by Crippen LogP contribution is -2.62. The van der Waals surface area contributed by atoms with Gasteiger partial charge in [-0.15, -0.1) is 0 Å². The average molecular weight is 322 g/mol. The zero-order chi connectivity index (χ0) is 15.9. The lowest BCUT2D eigenvalue weighted by atomic mass is 10.1. The second-order valence-electron chi connectivity index (χ2n) is 4.75. The van der Waals surface area contributed by atoms with Gasteiger partial charge in [0.1, 0.15) is 6.61 Å². The Labute approximate surface area is 103 Å². The van der Waals surface area contributed by atoms with Crippen LogP contribution in [-0.4, -0.2) is 38.9 Å². The fraction of sp³-hybridized carbons (Fsp3) is 1.00. The lowest BCUT2D eigenvalue weighted by molar-refractivity contribution is -0.398. The van der Waals surface area contributed by atoms with Crippen LogP contribution in [0.15, 0.2) is 0 Å². The van der Waals surface area contributed by atoms with Gasteiger partial charge >= 0.3 is 23.9 Å². The van der Waals surface area contributed by atoms with Gasteiger partial charge in [0.2, 0.25) is 0 Å². The standard InChI is InChI=1S/C8H11F9OSi/c1-19(2,3)18-4-5(9,10)6(11,12)7(13,14)8(15,16)17/h4H2,1-3H3. The van der Waals surface area contributed by atoms with Crippen molar-refractivity contribution < 1.29 is 43.9 Å². The van der Waals surface area contributed by atoms with Gasteiger partial charge in [-0.1, -0.05) is 0 Å². The molecule has 0 atom stereocenters. The predicted octanol–water partition coefficient (Wildman–Crippen LogP) is 4.31. The Hall–Kier alpha value is -0.453. The van der Waals surface area contributed by atoms with E-state index in [0.717, 1.165) is 0 Å². The molecule has 116 valence electrons. The van der Waals surface area contributed by atoms with Crippen LogP contribution >= 0.6 is 0 Å². The maximum Gasteiger partial charge on any atom is 0.460 e. The smallest absolute Gasteiger partial charge is 0.411 e. The summed E-state index contributed by atoms with van der Waals surface area (Å²) in [4.78, 5) is 0. The molecular weight excluding hydrogens is 311 g/mol. The van der Waals surface area contributed by atoms with E-state index in [9.17, 15) is 39.5 Å². The molecule has 0 aliphatic rings. The van der Waals surface area contributed by atoms with Gasteiger partial charge in [0.15, 0.2) is 8.32 Å². The monoisotopic (exact) mass is 322 g/mol. The first-order chi connectivity index (χ1) is 7.96. The van der Waals surface area contributed by atoms with Gasteiger partial charge in [-0.3, -0.25) is 0 Å². The molecule has 0 saturated heterocycles. The Morgan fingerprint density at radius 2 is 1.11 bits per heavy atom. The van der Waals surface area contributed by atoms with Gasteiger partial charge in [0, 0.05) is 0 Å². The van der Waals surface area contributed by atoms with E-state index < -0.39 is 38.9 Å². The van der Waals surface area contributed by atoms with E-state index in [1.807, 2.05) is 0 Å². The Morgan fingerprint density at radius 3 is 1.37 bits per heavy atom. The van der Waals surface area contributed by atoms with Gasteiger partial charge in [0.05, 0.1) is 0 Å². The highest BCUT2D eigenvalue weighted by molar-refractivity contribution is 6.69. The summed E-state index contributed by atoms with van der Waals surface area (Å²) in [6.07, 6.45) is -6.79. The van der Waals surface area contributed by atoms with Crippen LogP contribution in [0.3, 0.4) is 0 Å². The average Bonchev–Trinajstić information content (AvgIpc) is 2.11. The van der Waals surface area contributed by atoms with Gasteiger partial charge in [0.25, 0.3) is 0 Å². The molecule has 19 heavy (non-hydrogen) atoms. The van der Waals surface area contributed by atoms with Crippen molar-refractivity contribution in [2.45, 2.75) is 43.6 Å². The normalized spacial score (nSPS) is 15.8. The molecule has 0 N–H and O–H groups in total.